The Hall–Kier alpha value is -2.27. The number of rotatable bonds is 3. The third-order valence-electron chi connectivity index (χ3n) is 3.21. The van der Waals surface area contributed by atoms with Crippen molar-refractivity contribution in [3.63, 3.8) is 0 Å². The highest BCUT2D eigenvalue weighted by molar-refractivity contribution is 5.93. The lowest BCUT2D eigenvalue weighted by molar-refractivity contribution is 0.0822. The van der Waals surface area contributed by atoms with Gasteiger partial charge in [-0.05, 0) is 36.2 Å². The van der Waals surface area contributed by atoms with Gasteiger partial charge in [-0.1, -0.05) is 12.1 Å². The van der Waals surface area contributed by atoms with Crippen molar-refractivity contribution in [2.75, 3.05) is 14.1 Å². The van der Waals surface area contributed by atoms with Crippen LogP contribution in [0.15, 0.2) is 36.5 Å². The first-order valence-electron chi connectivity index (χ1n) is 6.63. The van der Waals surface area contributed by atoms with Gasteiger partial charge in [0.05, 0.1) is 0 Å². The van der Waals surface area contributed by atoms with Crippen molar-refractivity contribution in [2.45, 2.75) is 13.0 Å². The summed E-state index contributed by atoms with van der Waals surface area (Å²) in [5.41, 5.74) is 7.93. The van der Waals surface area contributed by atoms with E-state index in [1.807, 2.05) is 0 Å². The molecule has 1 aromatic heterocycles. The van der Waals surface area contributed by atoms with Gasteiger partial charge in [-0.3, -0.25) is 9.78 Å². The zero-order valence-corrected chi connectivity index (χ0v) is 12.3. The Morgan fingerprint density at radius 2 is 1.90 bits per heavy atom. The van der Waals surface area contributed by atoms with Gasteiger partial charge in [0.25, 0.3) is 5.91 Å². The Kier molecular flexibility index (Phi) is 4.33. The predicted molar refractivity (Wildman–Crippen MR) is 80.3 cm³/mol. The third-order valence-corrected chi connectivity index (χ3v) is 3.21. The van der Waals surface area contributed by atoms with Gasteiger partial charge in [0.1, 0.15) is 11.5 Å². The van der Waals surface area contributed by atoms with E-state index in [9.17, 15) is 9.18 Å². The second-order valence-corrected chi connectivity index (χ2v) is 5.15. The largest absolute Gasteiger partial charge is 0.343 e. The highest BCUT2D eigenvalue weighted by atomic mass is 19.1. The van der Waals surface area contributed by atoms with Crippen LogP contribution in [0, 0.1) is 5.82 Å². The summed E-state index contributed by atoms with van der Waals surface area (Å²) in [6.45, 7) is 1.73. The molecule has 2 aromatic rings. The van der Waals surface area contributed by atoms with E-state index in [1.165, 1.54) is 11.0 Å². The molecule has 1 amide bonds. The minimum atomic E-state index is -0.359. The predicted octanol–water partition coefficient (Wildman–Crippen LogP) is 2.61. The normalized spacial score (nSPS) is 12.0. The van der Waals surface area contributed by atoms with E-state index in [0.29, 0.717) is 16.8 Å². The SMILES string of the molecule is CC(N)c1ccc(-c2ccnc(C(=O)N(C)C)c2)cc1F. The van der Waals surface area contributed by atoms with E-state index < -0.39 is 0 Å². The summed E-state index contributed by atoms with van der Waals surface area (Å²) >= 11 is 0. The van der Waals surface area contributed by atoms with E-state index in [1.54, 1.807) is 51.5 Å². The Morgan fingerprint density at radius 1 is 1.24 bits per heavy atom. The van der Waals surface area contributed by atoms with Gasteiger partial charge in [0.2, 0.25) is 0 Å². The fourth-order valence-electron chi connectivity index (χ4n) is 2.03. The van der Waals surface area contributed by atoms with Crippen LogP contribution < -0.4 is 5.73 Å². The first kappa shape index (κ1) is 15.1. The molecule has 0 fully saturated rings. The molecule has 2 rings (SSSR count). The van der Waals surface area contributed by atoms with Crippen molar-refractivity contribution in [2.24, 2.45) is 5.73 Å². The number of nitrogens with zero attached hydrogens (tertiary/aromatic N) is 2. The van der Waals surface area contributed by atoms with Crippen molar-refractivity contribution < 1.29 is 9.18 Å². The van der Waals surface area contributed by atoms with Crippen LogP contribution in [-0.4, -0.2) is 29.9 Å². The Balaban J connectivity index is 2.41. The zero-order valence-electron chi connectivity index (χ0n) is 12.3. The molecule has 0 bridgehead atoms. The number of pyridine rings is 1. The monoisotopic (exact) mass is 287 g/mol. The van der Waals surface area contributed by atoms with Crippen molar-refractivity contribution in [1.29, 1.82) is 0 Å². The quantitative estimate of drug-likeness (QED) is 0.944. The standard InChI is InChI=1S/C16H18FN3O/c1-10(18)13-5-4-11(8-14(13)17)12-6-7-19-15(9-12)16(21)20(2)3/h4-10H,18H2,1-3H3. The van der Waals surface area contributed by atoms with E-state index in [4.69, 9.17) is 5.73 Å². The lowest BCUT2D eigenvalue weighted by Crippen LogP contribution is -2.22. The molecule has 0 aliphatic carbocycles. The molecular formula is C16H18FN3O. The van der Waals surface area contributed by atoms with Gasteiger partial charge in [-0.25, -0.2) is 4.39 Å². The molecule has 4 nitrogen and oxygen atoms in total. The minimum absolute atomic E-state index is 0.190. The highest BCUT2D eigenvalue weighted by Gasteiger charge is 2.12. The minimum Gasteiger partial charge on any atom is -0.343 e. The summed E-state index contributed by atoms with van der Waals surface area (Å²) in [5.74, 6) is -0.538. The van der Waals surface area contributed by atoms with E-state index in [-0.39, 0.29) is 17.8 Å². The van der Waals surface area contributed by atoms with Crippen molar-refractivity contribution in [3.8, 4) is 11.1 Å². The topological polar surface area (TPSA) is 59.2 Å². The summed E-state index contributed by atoms with van der Waals surface area (Å²) in [7, 11) is 3.32. The number of amides is 1. The van der Waals surface area contributed by atoms with E-state index in [0.717, 1.165) is 5.56 Å². The van der Waals surface area contributed by atoms with Gasteiger partial charge in [0, 0.05) is 31.9 Å². The zero-order chi connectivity index (χ0) is 15.6. The maximum absolute atomic E-state index is 14.0. The fourth-order valence-corrected chi connectivity index (χ4v) is 2.03. The number of benzene rings is 1. The average molecular weight is 287 g/mol. The van der Waals surface area contributed by atoms with Gasteiger partial charge >= 0.3 is 0 Å². The molecule has 21 heavy (non-hydrogen) atoms. The first-order valence-corrected chi connectivity index (χ1v) is 6.63. The van der Waals surface area contributed by atoms with Crippen LogP contribution in [-0.2, 0) is 0 Å². The molecule has 0 aliphatic rings. The molecule has 1 heterocycles. The third kappa shape index (κ3) is 3.25. The molecule has 0 radical (unpaired) electrons. The highest BCUT2D eigenvalue weighted by Crippen LogP contribution is 2.24. The second kappa shape index (κ2) is 6.01. The Morgan fingerprint density at radius 3 is 2.48 bits per heavy atom. The van der Waals surface area contributed by atoms with E-state index >= 15 is 0 Å². The molecule has 0 saturated heterocycles. The summed E-state index contributed by atoms with van der Waals surface area (Å²) in [5, 5.41) is 0. The molecule has 2 N–H and O–H groups in total. The van der Waals surface area contributed by atoms with Crippen LogP contribution >= 0.6 is 0 Å². The number of aromatic nitrogens is 1. The van der Waals surface area contributed by atoms with E-state index in [2.05, 4.69) is 4.98 Å². The van der Waals surface area contributed by atoms with Crippen LogP contribution in [0.2, 0.25) is 0 Å². The van der Waals surface area contributed by atoms with Crippen molar-refractivity contribution >= 4 is 5.91 Å². The Labute approximate surface area is 123 Å². The van der Waals surface area contributed by atoms with Crippen LogP contribution in [0.4, 0.5) is 4.39 Å². The van der Waals surface area contributed by atoms with Gasteiger partial charge < -0.3 is 10.6 Å². The second-order valence-electron chi connectivity index (χ2n) is 5.15. The number of hydrogen-bond acceptors (Lipinski definition) is 3. The number of carbonyl (C=O) groups is 1. The van der Waals surface area contributed by atoms with Crippen LogP contribution in [0.25, 0.3) is 11.1 Å². The number of hydrogen-bond donors (Lipinski definition) is 1. The van der Waals surface area contributed by atoms with Crippen molar-refractivity contribution in [3.05, 3.63) is 53.6 Å². The molecular weight excluding hydrogens is 269 g/mol. The van der Waals surface area contributed by atoms with Gasteiger partial charge in [-0.15, -0.1) is 0 Å². The maximum atomic E-state index is 14.0. The van der Waals surface area contributed by atoms with Gasteiger partial charge in [-0.2, -0.15) is 0 Å². The molecule has 1 atom stereocenters. The first-order chi connectivity index (χ1) is 9.90. The number of halogens is 1. The van der Waals surface area contributed by atoms with Gasteiger partial charge in [0.15, 0.2) is 0 Å². The van der Waals surface area contributed by atoms with Crippen LogP contribution in [0.1, 0.15) is 29.0 Å². The molecule has 1 unspecified atom stereocenters. The summed E-state index contributed by atoms with van der Waals surface area (Å²) in [6, 6.07) is 7.93. The van der Waals surface area contributed by atoms with Crippen molar-refractivity contribution in [1.82, 2.24) is 9.88 Å². The molecule has 0 aliphatic heterocycles. The number of carbonyl (C=O) groups excluding carboxylic acids is 1. The molecule has 5 heteroatoms. The molecule has 0 spiro atoms. The smallest absolute Gasteiger partial charge is 0.271 e. The lowest BCUT2D eigenvalue weighted by atomic mass is 10.0. The summed E-state index contributed by atoms with van der Waals surface area (Å²) in [6.07, 6.45) is 1.55. The van der Waals surface area contributed by atoms with Crippen LogP contribution in [0.3, 0.4) is 0 Å². The average Bonchev–Trinajstić information content (AvgIpc) is 2.46. The Bertz CT molecular complexity index is 668. The number of nitrogens with two attached hydrogens (primary N) is 1. The molecule has 1 aromatic carbocycles. The molecule has 110 valence electrons. The molecule has 0 saturated carbocycles. The lowest BCUT2D eigenvalue weighted by Gasteiger charge is -2.12. The fraction of sp³-hybridized carbons (Fsp3) is 0.250. The summed E-state index contributed by atoms with van der Waals surface area (Å²) < 4.78 is 14.0. The summed E-state index contributed by atoms with van der Waals surface area (Å²) in [4.78, 5) is 17.4. The van der Waals surface area contributed by atoms with Crippen LogP contribution in [0.5, 0.6) is 0 Å². The maximum Gasteiger partial charge on any atom is 0.271 e.